The SMILES string of the molecule is C[Si](C)(C)c1cc2ccccc2c2c1O[P+](=O)Oc1c([Si](C)(C)C)cc3ccccc3c1-2. The van der Waals surface area contributed by atoms with E-state index in [2.05, 4.69) is 99.9 Å². The third-order valence-corrected chi connectivity index (χ3v) is 10.8. The first kappa shape index (κ1) is 21.4. The average Bonchev–Trinajstić information content (AvgIpc) is 2.87. The molecule has 32 heavy (non-hydrogen) atoms. The van der Waals surface area contributed by atoms with Crippen LogP contribution in [0.25, 0.3) is 32.7 Å². The zero-order valence-corrected chi connectivity index (χ0v) is 22.3. The van der Waals surface area contributed by atoms with Crippen LogP contribution < -0.4 is 19.4 Å². The maximum absolute atomic E-state index is 13.2. The summed E-state index contributed by atoms with van der Waals surface area (Å²) in [5.41, 5.74) is 2.04. The van der Waals surface area contributed by atoms with E-state index in [4.69, 9.17) is 9.05 Å². The minimum atomic E-state index is -2.33. The fourth-order valence-corrected chi connectivity index (χ4v) is 8.40. The van der Waals surface area contributed by atoms with Gasteiger partial charge in [-0.3, -0.25) is 0 Å². The Morgan fingerprint density at radius 3 is 1.38 bits per heavy atom. The molecule has 1 heterocycles. The van der Waals surface area contributed by atoms with Gasteiger partial charge in [0.2, 0.25) is 0 Å². The molecular formula is C26H28O3PSi2+. The summed E-state index contributed by atoms with van der Waals surface area (Å²) in [6.07, 6.45) is 0. The van der Waals surface area contributed by atoms with Gasteiger partial charge in [-0.2, -0.15) is 0 Å². The summed E-state index contributed by atoms with van der Waals surface area (Å²) in [4.78, 5) is 0. The topological polar surface area (TPSA) is 35.5 Å². The van der Waals surface area contributed by atoms with Crippen molar-refractivity contribution < 1.29 is 13.6 Å². The van der Waals surface area contributed by atoms with Gasteiger partial charge in [-0.05, 0) is 31.9 Å². The predicted molar refractivity (Wildman–Crippen MR) is 142 cm³/mol. The highest BCUT2D eigenvalue weighted by Crippen LogP contribution is 2.51. The van der Waals surface area contributed by atoms with Crippen LogP contribution in [0.3, 0.4) is 0 Å². The molecule has 0 unspecified atom stereocenters. The van der Waals surface area contributed by atoms with E-state index in [9.17, 15) is 4.57 Å². The second kappa shape index (κ2) is 7.27. The molecule has 162 valence electrons. The maximum atomic E-state index is 13.2. The summed E-state index contributed by atoms with van der Waals surface area (Å²) in [6, 6.07) is 21.4. The zero-order valence-electron chi connectivity index (χ0n) is 19.4. The molecule has 0 N–H and O–H groups in total. The molecule has 0 spiro atoms. The van der Waals surface area contributed by atoms with Crippen molar-refractivity contribution in [1.82, 2.24) is 0 Å². The Morgan fingerprint density at radius 1 is 0.625 bits per heavy atom. The number of benzene rings is 4. The summed E-state index contributed by atoms with van der Waals surface area (Å²) in [5.74, 6) is 1.47. The largest absolute Gasteiger partial charge is 0.805 e. The summed E-state index contributed by atoms with van der Waals surface area (Å²) in [5, 5.41) is 6.92. The van der Waals surface area contributed by atoms with E-state index < -0.39 is 24.4 Å². The lowest BCUT2D eigenvalue weighted by molar-refractivity contribution is 0.423. The molecule has 1 aliphatic heterocycles. The smallest absolute Gasteiger partial charge is 0.222 e. The zero-order chi connectivity index (χ0) is 22.8. The Hall–Kier alpha value is -2.47. The molecule has 0 amide bonds. The first-order valence-corrected chi connectivity index (χ1v) is 19.1. The lowest BCUT2D eigenvalue weighted by Gasteiger charge is -2.23. The Morgan fingerprint density at radius 2 is 1.00 bits per heavy atom. The fourth-order valence-electron chi connectivity index (χ4n) is 4.63. The molecule has 3 nitrogen and oxygen atoms in total. The summed E-state index contributed by atoms with van der Waals surface area (Å²) in [6.45, 7) is 13.8. The van der Waals surface area contributed by atoms with Crippen LogP contribution in [0.4, 0.5) is 0 Å². The minimum absolute atomic E-state index is 0.737. The first-order chi connectivity index (χ1) is 15.1. The molecule has 0 aliphatic carbocycles. The standard InChI is InChI=1S/C26H28O3PSi2/c1-31(2,3)21-15-17-11-7-9-13-19(17)23-24-20-14-10-8-12-18(20)16-22(32(4,5)6)26(24)29-30(27)28-25(21)23/h7-16H,1-6H3/q+1. The lowest BCUT2D eigenvalue weighted by Crippen LogP contribution is -2.39. The van der Waals surface area contributed by atoms with Crippen LogP contribution in [0.2, 0.25) is 39.3 Å². The molecule has 4 aromatic rings. The minimum Gasteiger partial charge on any atom is -0.222 e. The monoisotopic (exact) mass is 475 g/mol. The first-order valence-electron chi connectivity index (χ1n) is 11.0. The number of hydrogen-bond acceptors (Lipinski definition) is 3. The molecule has 0 atom stereocenters. The normalized spacial score (nSPS) is 13.9. The lowest BCUT2D eigenvalue weighted by atomic mass is 9.92. The van der Waals surface area contributed by atoms with E-state index in [1.165, 1.54) is 21.1 Å². The highest BCUT2D eigenvalue weighted by Gasteiger charge is 2.41. The highest BCUT2D eigenvalue weighted by molar-refractivity contribution is 7.34. The Balaban J connectivity index is 2.08. The quantitative estimate of drug-likeness (QED) is 0.228. The van der Waals surface area contributed by atoms with Crippen LogP contribution in [0, 0.1) is 0 Å². The van der Waals surface area contributed by atoms with Gasteiger partial charge < -0.3 is 0 Å². The van der Waals surface area contributed by atoms with E-state index >= 15 is 0 Å². The second-order valence-corrected chi connectivity index (χ2v) is 21.5. The van der Waals surface area contributed by atoms with Crippen LogP contribution in [-0.4, -0.2) is 16.1 Å². The summed E-state index contributed by atoms with van der Waals surface area (Å²) < 4.78 is 25.5. The van der Waals surface area contributed by atoms with Crippen LogP contribution in [0.1, 0.15) is 0 Å². The van der Waals surface area contributed by atoms with Crippen molar-refractivity contribution in [3.8, 4) is 22.6 Å². The van der Waals surface area contributed by atoms with Gasteiger partial charge in [0, 0.05) is 15.7 Å². The van der Waals surface area contributed by atoms with Gasteiger partial charge in [-0.25, -0.2) is 9.05 Å². The molecule has 0 radical (unpaired) electrons. The van der Waals surface area contributed by atoms with Gasteiger partial charge in [-0.15, -0.1) is 0 Å². The molecule has 0 saturated heterocycles. The molecule has 0 aromatic heterocycles. The molecule has 6 heteroatoms. The van der Waals surface area contributed by atoms with Crippen molar-refractivity contribution in [3.63, 3.8) is 0 Å². The molecule has 0 fully saturated rings. The van der Waals surface area contributed by atoms with Gasteiger partial charge in [0.1, 0.15) is 0 Å². The number of rotatable bonds is 2. The van der Waals surface area contributed by atoms with Crippen molar-refractivity contribution in [2.24, 2.45) is 0 Å². The van der Waals surface area contributed by atoms with Crippen molar-refractivity contribution >= 4 is 56.3 Å². The van der Waals surface area contributed by atoms with E-state index in [0.717, 1.165) is 33.4 Å². The van der Waals surface area contributed by atoms with Crippen molar-refractivity contribution in [3.05, 3.63) is 60.7 Å². The number of hydrogen-bond donors (Lipinski definition) is 0. The van der Waals surface area contributed by atoms with E-state index in [1.54, 1.807) is 0 Å². The Kier molecular flexibility index (Phi) is 4.86. The molecule has 5 rings (SSSR count). The van der Waals surface area contributed by atoms with Crippen LogP contribution in [0.5, 0.6) is 11.5 Å². The molecule has 0 bridgehead atoms. The van der Waals surface area contributed by atoms with E-state index in [-0.39, 0.29) is 0 Å². The van der Waals surface area contributed by atoms with Gasteiger partial charge in [0.25, 0.3) is 0 Å². The van der Waals surface area contributed by atoms with E-state index in [1.807, 2.05) is 0 Å². The molecule has 4 aromatic carbocycles. The molecule has 1 aliphatic rings. The summed E-state index contributed by atoms with van der Waals surface area (Å²) in [7, 11) is -5.98. The third-order valence-electron chi connectivity index (χ3n) is 6.20. The van der Waals surface area contributed by atoms with Crippen LogP contribution in [0.15, 0.2) is 60.7 Å². The maximum Gasteiger partial charge on any atom is 0.805 e. The average molecular weight is 476 g/mol. The van der Waals surface area contributed by atoms with Crippen molar-refractivity contribution in [2.45, 2.75) is 39.3 Å². The summed E-state index contributed by atoms with van der Waals surface area (Å²) >= 11 is 0. The fraction of sp³-hybridized carbons (Fsp3) is 0.231. The number of fused-ring (bicyclic) bond motifs is 7. The van der Waals surface area contributed by atoms with Gasteiger partial charge in [0.15, 0.2) is 11.5 Å². The molecular weight excluding hydrogens is 447 g/mol. The Bertz CT molecular complexity index is 1310. The van der Waals surface area contributed by atoms with Gasteiger partial charge in [-0.1, -0.05) is 99.9 Å². The highest BCUT2D eigenvalue weighted by atomic mass is 31.1. The van der Waals surface area contributed by atoms with Crippen LogP contribution >= 0.6 is 8.25 Å². The van der Waals surface area contributed by atoms with Crippen LogP contribution in [-0.2, 0) is 4.57 Å². The van der Waals surface area contributed by atoms with Gasteiger partial charge >= 0.3 is 8.25 Å². The third kappa shape index (κ3) is 3.40. The molecule has 0 saturated carbocycles. The Labute approximate surface area is 192 Å². The van der Waals surface area contributed by atoms with E-state index in [0.29, 0.717) is 0 Å². The second-order valence-electron chi connectivity index (χ2n) is 10.6. The van der Waals surface area contributed by atoms with Crippen molar-refractivity contribution in [2.75, 3.05) is 0 Å². The predicted octanol–water partition coefficient (Wildman–Crippen LogP) is 7.18. The van der Waals surface area contributed by atoms with Gasteiger partial charge in [0.05, 0.1) is 16.1 Å². The van der Waals surface area contributed by atoms with Crippen molar-refractivity contribution in [1.29, 1.82) is 0 Å².